The molecule has 1 atom stereocenters. The van der Waals surface area contributed by atoms with Crippen LogP contribution in [-0.4, -0.2) is 19.0 Å². The molecule has 0 rings (SSSR count). The van der Waals surface area contributed by atoms with Crippen molar-refractivity contribution in [2.75, 3.05) is 13.1 Å². The van der Waals surface area contributed by atoms with Crippen LogP contribution in [0.2, 0.25) is 0 Å². The van der Waals surface area contributed by atoms with Crippen LogP contribution >= 0.6 is 0 Å². The quantitative estimate of drug-likeness (QED) is 0.489. The molecule has 0 heterocycles. The molecule has 3 heteroatoms. The molecule has 14 heavy (non-hydrogen) atoms. The Hall–Kier alpha value is -1.01. The van der Waals surface area contributed by atoms with Gasteiger partial charge in [0.05, 0.1) is 5.41 Å². The molecule has 0 aliphatic rings. The molecule has 0 saturated carbocycles. The van der Waals surface area contributed by atoms with Gasteiger partial charge in [-0.05, 0) is 19.8 Å². The predicted molar refractivity (Wildman–Crippen MR) is 58.5 cm³/mol. The van der Waals surface area contributed by atoms with Gasteiger partial charge in [0.2, 0.25) is 5.91 Å². The molecule has 0 aliphatic heterocycles. The lowest BCUT2D eigenvalue weighted by Gasteiger charge is -2.24. The molecule has 0 aromatic carbocycles. The fourth-order valence-electron chi connectivity index (χ4n) is 1.00. The number of amides is 1. The van der Waals surface area contributed by atoms with Crippen molar-refractivity contribution in [2.24, 2.45) is 11.1 Å². The van der Waals surface area contributed by atoms with E-state index in [1.807, 2.05) is 13.8 Å². The van der Waals surface area contributed by atoms with Crippen molar-refractivity contribution in [2.45, 2.75) is 33.1 Å². The molecule has 3 N–H and O–H groups in total. The van der Waals surface area contributed by atoms with Crippen LogP contribution in [0.1, 0.15) is 33.1 Å². The number of unbranched alkanes of at least 4 members (excludes halogenated alkanes) is 1. The van der Waals surface area contributed by atoms with Crippen LogP contribution in [-0.2, 0) is 4.79 Å². The van der Waals surface area contributed by atoms with Crippen LogP contribution in [0, 0.1) is 17.8 Å². The topological polar surface area (TPSA) is 55.1 Å². The third-order valence-corrected chi connectivity index (χ3v) is 2.56. The Bertz CT molecular complexity index is 214. The third kappa shape index (κ3) is 3.80. The second-order valence-corrected chi connectivity index (χ2v) is 3.68. The maximum atomic E-state index is 11.6. The molecular weight excluding hydrogens is 176 g/mol. The summed E-state index contributed by atoms with van der Waals surface area (Å²) in [6, 6.07) is 0. The second-order valence-electron chi connectivity index (χ2n) is 3.68. The largest absolute Gasteiger partial charge is 0.356 e. The zero-order chi connectivity index (χ0) is 11.0. The van der Waals surface area contributed by atoms with Gasteiger partial charge >= 0.3 is 0 Å². The number of terminal acetylenes is 1. The maximum absolute atomic E-state index is 11.6. The third-order valence-electron chi connectivity index (χ3n) is 2.56. The second kappa shape index (κ2) is 6.44. The van der Waals surface area contributed by atoms with Crippen molar-refractivity contribution in [3.05, 3.63) is 0 Å². The van der Waals surface area contributed by atoms with Gasteiger partial charge in [0, 0.05) is 19.5 Å². The van der Waals surface area contributed by atoms with E-state index < -0.39 is 5.41 Å². The minimum absolute atomic E-state index is 0.0273. The predicted octanol–water partition coefficient (Wildman–Crippen LogP) is 0.891. The molecule has 0 aliphatic carbocycles. The highest BCUT2D eigenvalue weighted by atomic mass is 16.2. The first kappa shape index (κ1) is 13.0. The average Bonchev–Trinajstić information content (AvgIpc) is 2.22. The molecule has 0 aromatic heterocycles. The normalized spacial score (nSPS) is 14.1. The number of nitrogens with two attached hydrogens (primary N) is 1. The number of nitrogens with one attached hydrogen (secondary N) is 1. The lowest BCUT2D eigenvalue weighted by Crippen LogP contribution is -2.43. The summed E-state index contributed by atoms with van der Waals surface area (Å²) in [7, 11) is 0. The number of hydrogen-bond acceptors (Lipinski definition) is 2. The summed E-state index contributed by atoms with van der Waals surface area (Å²) < 4.78 is 0. The molecule has 0 saturated heterocycles. The molecule has 1 unspecified atom stereocenters. The monoisotopic (exact) mass is 196 g/mol. The smallest absolute Gasteiger partial charge is 0.227 e. The summed E-state index contributed by atoms with van der Waals surface area (Å²) >= 11 is 0. The van der Waals surface area contributed by atoms with E-state index in [1.54, 1.807) is 0 Å². The van der Waals surface area contributed by atoms with Crippen molar-refractivity contribution < 1.29 is 4.79 Å². The van der Waals surface area contributed by atoms with Gasteiger partial charge in [0.25, 0.3) is 0 Å². The van der Waals surface area contributed by atoms with Gasteiger partial charge in [-0.2, -0.15) is 0 Å². The molecule has 80 valence electrons. The summed E-state index contributed by atoms with van der Waals surface area (Å²) in [5.74, 6) is 2.56. The Kier molecular flexibility index (Phi) is 5.98. The average molecular weight is 196 g/mol. The Labute approximate surface area is 86.4 Å². The standard InChI is InChI=1S/C11H20N2O/c1-4-6-7-8-13-10(14)11(3,5-2)9-12/h1H,5-9,12H2,2-3H3,(H,13,14). The fraction of sp³-hybridized carbons (Fsp3) is 0.727. The summed E-state index contributed by atoms with van der Waals surface area (Å²) in [6.45, 7) is 4.86. The van der Waals surface area contributed by atoms with E-state index in [0.29, 0.717) is 19.5 Å². The van der Waals surface area contributed by atoms with Gasteiger partial charge in [0.1, 0.15) is 0 Å². The van der Waals surface area contributed by atoms with Crippen LogP contribution in [0.4, 0.5) is 0 Å². The van der Waals surface area contributed by atoms with Crippen molar-refractivity contribution in [1.29, 1.82) is 0 Å². The molecule has 1 amide bonds. The molecule has 0 fully saturated rings. The van der Waals surface area contributed by atoms with Crippen molar-refractivity contribution in [3.63, 3.8) is 0 Å². The highest BCUT2D eigenvalue weighted by molar-refractivity contribution is 5.82. The molecular formula is C11H20N2O. The molecule has 0 bridgehead atoms. The Morgan fingerprint density at radius 2 is 2.29 bits per heavy atom. The van der Waals surface area contributed by atoms with Gasteiger partial charge in [0.15, 0.2) is 0 Å². The van der Waals surface area contributed by atoms with E-state index in [2.05, 4.69) is 11.2 Å². The SMILES string of the molecule is C#CCCCNC(=O)C(C)(CC)CN. The Morgan fingerprint density at radius 3 is 2.71 bits per heavy atom. The van der Waals surface area contributed by atoms with Crippen molar-refractivity contribution in [1.82, 2.24) is 5.32 Å². The van der Waals surface area contributed by atoms with E-state index in [9.17, 15) is 4.79 Å². The summed E-state index contributed by atoms with van der Waals surface area (Å²) in [5.41, 5.74) is 5.12. The van der Waals surface area contributed by atoms with Gasteiger partial charge in [-0.25, -0.2) is 0 Å². The van der Waals surface area contributed by atoms with Gasteiger partial charge in [-0.3, -0.25) is 4.79 Å². The fourth-order valence-corrected chi connectivity index (χ4v) is 1.00. The van der Waals surface area contributed by atoms with Gasteiger partial charge < -0.3 is 11.1 Å². The Balaban J connectivity index is 3.89. The molecule has 0 radical (unpaired) electrons. The first-order valence-corrected chi connectivity index (χ1v) is 5.02. The van der Waals surface area contributed by atoms with Crippen LogP contribution in [0.25, 0.3) is 0 Å². The van der Waals surface area contributed by atoms with Crippen LogP contribution in [0.3, 0.4) is 0 Å². The van der Waals surface area contributed by atoms with Crippen molar-refractivity contribution in [3.8, 4) is 12.3 Å². The summed E-state index contributed by atoms with van der Waals surface area (Å²) in [4.78, 5) is 11.6. The van der Waals surface area contributed by atoms with Crippen LogP contribution < -0.4 is 11.1 Å². The number of hydrogen-bond donors (Lipinski definition) is 2. The molecule has 0 spiro atoms. The van der Waals surface area contributed by atoms with Crippen LogP contribution in [0.15, 0.2) is 0 Å². The lowest BCUT2D eigenvalue weighted by molar-refractivity contribution is -0.129. The van der Waals surface area contributed by atoms with Gasteiger partial charge in [-0.1, -0.05) is 6.92 Å². The highest BCUT2D eigenvalue weighted by Gasteiger charge is 2.28. The number of carbonyl (C=O) groups is 1. The van der Waals surface area contributed by atoms with E-state index in [0.717, 1.165) is 12.8 Å². The van der Waals surface area contributed by atoms with Crippen molar-refractivity contribution >= 4 is 5.91 Å². The molecule has 0 aromatic rings. The highest BCUT2D eigenvalue weighted by Crippen LogP contribution is 2.18. The van der Waals surface area contributed by atoms with E-state index >= 15 is 0 Å². The lowest BCUT2D eigenvalue weighted by atomic mass is 9.86. The minimum Gasteiger partial charge on any atom is -0.356 e. The first-order valence-electron chi connectivity index (χ1n) is 5.02. The van der Waals surface area contributed by atoms with E-state index in [-0.39, 0.29) is 5.91 Å². The molecule has 3 nitrogen and oxygen atoms in total. The maximum Gasteiger partial charge on any atom is 0.227 e. The first-order chi connectivity index (χ1) is 6.60. The van der Waals surface area contributed by atoms with E-state index in [1.165, 1.54) is 0 Å². The zero-order valence-corrected chi connectivity index (χ0v) is 9.10. The summed E-state index contributed by atoms with van der Waals surface area (Å²) in [6.07, 6.45) is 7.38. The summed E-state index contributed by atoms with van der Waals surface area (Å²) in [5, 5.41) is 2.85. The van der Waals surface area contributed by atoms with E-state index in [4.69, 9.17) is 12.2 Å². The van der Waals surface area contributed by atoms with Crippen LogP contribution in [0.5, 0.6) is 0 Å². The number of carbonyl (C=O) groups excluding carboxylic acids is 1. The minimum atomic E-state index is -0.434. The number of rotatable bonds is 6. The zero-order valence-electron chi connectivity index (χ0n) is 9.10. The van der Waals surface area contributed by atoms with Gasteiger partial charge in [-0.15, -0.1) is 12.3 Å². The Morgan fingerprint density at radius 1 is 1.64 bits per heavy atom.